The third-order valence-electron chi connectivity index (χ3n) is 4.52. The van der Waals surface area contributed by atoms with E-state index in [1.54, 1.807) is 0 Å². The predicted octanol–water partition coefficient (Wildman–Crippen LogP) is 4.08. The fraction of sp³-hybridized carbons (Fsp3) is 0.647. The first-order chi connectivity index (χ1) is 9.60. The molecular formula is C17H27BrN2. The van der Waals surface area contributed by atoms with E-state index in [9.17, 15) is 0 Å². The van der Waals surface area contributed by atoms with Gasteiger partial charge in [-0.1, -0.05) is 48.8 Å². The highest BCUT2D eigenvalue weighted by Crippen LogP contribution is 2.25. The van der Waals surface area contributed by atoms with Crippen LogP contribution in [0.4, 0.5) is 0 Å². The summed E-state index contributed by atoms with van der Waals surface area (Å²) in [7, 11) is 0. The molecule has 0 aliphatic carbocycles. The van der Waals surface area contributed by atoms with Crippen LogP contribution >= 0.6 is 15.9 Å². The maximum Gasteiger partial charge on any atom is 0.0332 e. The molecular weight excluding hydrogens is 312 g/mol. The van der Waals surface area contributed by atoms with Crippen LogP contribution in [0.2, 0.25) is 0 Å². The molecule has 0 aromatic heterocycles. The van der Waals surface area contributed by atoms with E-state index in [0.717, 1.165) is 22.9 Å². The summed E-state index contributed by atoms with van der Waals surface area (Å²) in [5.74, 6) is 1.69. The van der Waals surface area contributed by atoms with Crippen molar-refractivity contribution in [3.05, 3.63) is 34.3 Å². The minimum atomic E-state index is 0.472. The number of likely N-dealkylation sites (tertiary alicyclic amines) is 1. The molecule has 3 atom stereocenters. The summed E-state index contributed by atoms with van der Waals surface area (Å²) in [5.41, 5.74) is 1.40. The second kappa shape index (κ2) is 7.58. The largest absolute Gasteiger partial charge is 0.310 e. The monoisotopic (exact) mass is 338 g/mol. The Hall–Kier alpha value is -0.380. The Kier molecular flexibility index (Phi) is 6.06. The van der Waals surface area contributed by atoms with Gasteiger partial charge >= 0.3 is 0 Å². The van der Waals surface area contributed by atoms with E-state index < -0.39 is 0 Å². The zero-order valence-corrected chi connectivity index (χ0v) is 14.5. The van der Waals surface area contributed by atoms with Gasteiger partial charge in [-0.2, -0.15) is 0 Å². The van der Waals surface area contributed by atoms with Crippen LogP contribution in [0.25, 0.3) is 0 Å². The summed E-state index contributed by atoms with van der Waals surface area (Å²) < 4.78 is 1.15. The molecule has 0 saturated carbocycles. The summed E-state index contributed by atoms with van der Waals surface area (Å²) in [6, 6.07) is 9.21. The van der Waals surface area contributed by atoms with Gasteiger partial charge in [-0.05, 0) is 49.0 Å². The molecule has 1 aliphatic heterocycles. The van der Waals surface area contributed by atoms with Gasteiger partial charge in [0.25, 0.3) is 0 Å². The highest BCUT2D eigenvalue weighted by Gasteiger charge is 2.26. The second-order valence-electron chi connectivity index (χ2n) is 6.16. The Balaban J connectivity index is 1.91. The van der Waals surface area contributed by atoms with Crippen LogP contribution in [0.5, 0.6) is 0 Å². The highest BCUT2D eigenvalue weighted by molar-refractivity contribution is 9.10. The lowest BCUT2D eigenvalue weighted by Gasteiger charge is -2.22. The molecule has 0 spiro atoms. The van der Waals surface area contributed by atoms with Gasteiger partial charge in [0.2, 0.25) is 0 Å². The van der Waals surface area contributed by atoms with Crippen molar-refractivity contribution in [3.8, 4) is 0 Å². The third kappa shape index (κ3) is 4.31. The number of rotatable bonds is 6. The molecule has 3 heteroatoms. The standard InChI is InChI=1S/C17H27BrN2/c1-4-19-17(15-5-7-16(18)8-6-15)9-10-20-11-13(2)14(3)12-20/h5-8,13-14,17,19H,4,9-12H2,1-3H3. The zero-order chi connectivity index (χ0) is 14.5. The van der Waals surface area contributed by atoms with Crippen LogP contribution < -0.4 is 5.32 Å². The Bertz CT molecular complexity index is 394. The van der Waals surface area contributed by atoms with E-state index in [1.165, 1.54) is 31.6 Å². The van der Waals surface area contributed by atoms with Crippen LogP contribution in [0, 0.1) is 11.8 Å². The molecule has 1 heterocycles. The van der Waals surface area contributed by atoms with Crippen LogP contribution in [0.1, 0.15) is 38.8 Å². The molecule has 0 amide bonds. The van der Waals surface area contributed by atoms with Crippen molar-refractivity contribution in [1.82, 2.24) is 10.2 Å². The van der Waals surface area contributed by atoms with Crippen molar-refractivity contribution in [2.45, 2.75) is 33.2 Å². The highest BCUT2D eigenvalue weighted by atomic mass is 79.9. The molecule has 1 fully saturated rings. The van der Waals surface area contributed by atoms with E-state index in [0.29, 0.717) is 6.04 Å². The van der Waals surface area contributed by atoms with E-state index in [-0.39, 0.29) is 0 Å². The smallest absolute Gasteiger partial charge is 0.0332 e. The number of hydrogen-bond acceptors (Lipinski definition) is 2. The van der Waals surface area contributed by atoms with E-state index >= 15 is 0 Å². The van der Waals surface area contributed by atoms with Crippen molar-refractivity contribution in [3.63, 3.8) is 0 Å². The van der Waals surface area contributed by atoms with Gasteiger partial charge < -0.3 is 10.2 Å². The summed E-state index contributed by atoms with van der Waals surface area (Å²) in [6.07, 6.45) is 1.19. The summed E-state index contributed by atoms with van der Waals surface area (Å²) in [5, 5.41) is 3.62. The number of hydrogen-bond donors (Lipinski definition) is 1. The van der Waals surface area contributed by atoms with Gasteiger partial charge in [-0.25, -0.2) is 0 Å². The fourth-order valence-corrected chi connectivity index (χ4v) is 3.34. The first-order valence-corrected chi connectivity index (χ1v) is 8.60. The Morgan fingerprint density at radius 1 is 1.20 bits per heavy atom. The third-order valence-corrected chi connectivity index (χ3v) is 5.05. The van der Waals surface area contributed by atoms with E-state index in [1.807, 2.05) is 0 Å². The Labute approximate surface area is 132 Å². The quantitative estimate of drug-likeness (QED) is 0.840. The lowest BCUT2D eigenvalue weighted by Crippen LogP contribution is -2.28. The predicted molar refractivity (Wildman–Crippen MR) is 89.9 cm³/mol. The van der Waals surface area contributed by atoms with Gasteiger partial charge in [0.1, 0.15) is 0 Å². The molecule has 112 valence electrons. The van der Waals surface area contributed by atoms with Crippen LogP contribution in [0.3, 0.4) is 0 Å². The lowest BCUT2D eigenvalue weighted by molar-refractivity contribution is 0.299. The van der Waals surface area contributed by atoms with Crippen molar-refractivity contribution < 1.29 is 0 Å². The lowest BCUT2D eigenvalue weighted by atomic mass is 10.0. The van der Waals surface area contributed by atoms with Gasteiger partial charge in [0.15, 0.2) is 0 Å². The first-order valence-electron chi connectivity index (χ1n) is 7.81. The zero-order valence-electron chi connectivity index (χ0n) is 12.9. The van der Waals surface area contributed by atoms with Crippen LogP contribution in [-0.2, 0) is 0 Å². The molecule has 20 heavy (non-hydrogen) atoms. The van der Waals surface area contributed by atoms with Crippen molar-refractivity contribution in [1.29, 1.82) is 0 Å². The minimum absolute atomic E-state index is 0.472. The van der Waals surface area contributed by atoms with Crippen LogP contribution in [-0.4, -0.2) is 31.1 Å². The van der Waals surface area contributed by atoms with Crippen molar-refractivity contribution in [2.75, 3.05) is 26.2 Å². The second-order valence-corrected chi connectivity index (χ2v) is 7.08. The normalized spacial score (nSPS) is 25.0. The Morgan fingerprint density at radius 3 is 2.35 bits per heavy atom. The molecule has 1 aromatic carbocycles. The van der Waals surface area contributed by atoms with Crippen molar-refractivity contribution in [2.24, 2.45) is 11.8 Å². The molecule has 2 nitrogen and oxygen atoms in total. The number of halogens is 1. The fourth-order valence-electron chi connectivity index (χ4n) is 3.07. The summed E-state index contributed by atoms with van der Waals surface area (Å²) in [4.78, 5) is 2.62. The first kappa shape index (κ1) is 16.0. The maximum absolute atomic E-state index is 3.62. The topological polar surface area (TPSA) is 15.3 Å². The number of nitrogens with zero attached hydrogens (tertiary/aromatic N) is 1. The molecule has 0 bridgehead atoms. The number of benzene rings is 1. The van der Waals surface area contributed by atoms with Gasteiger partial charge in [0.05, 0.1) is 0 Å². The van der Waals surface area contributed by atoms with Gasteiger partial charge in [0, 0.05) is 23.6 Å². The Morgan fingerprint density at radius 2 is 1.80 bits per heavy atom. The summed E-state index contributed by atoms with van der Waals surface area (Å²) in [6.45, 7) is 11.7. The van der Waals surface area contributed by atoms with E-state index in [4.69, 9.17) is 0 Å². The SMILES string of the molecule is CCNC(CCN1CC(C)C(C)C1)c1ccc(Br)cc1. The maximum atomic E-state index is 3.62. The van der Waals surface area contributed by atoms with E-state index in [2.05, 4.69) is 71.2 Å². The number of nitrogens with one attached hydrogen (secondary N) is 1. The molecule has 2 rings (SSSR count). The minimum Gasteiger partial charge on any atom is -0.310 e. The molecule has 1 aliphatic rings. The molecule has 3 unspecified atom stereocenters. The van der Waals surface area contributed by atoms with Crippen molar-refractivity contribution >= 4 is 15.9 Å². The van der Waals surface area contributed by atoms with Gasteiger partial charge in [-0.15, -0.1) is 0 Å². The summed E-state index contributed by atoms with van der Waals surface area (Å²) >= 11 is 3.51. The molecule has 1 saturated heterocycles. The molecule has 0 radical (unpaired) electrons. The van der Waals surface area contributed by atoms with Gasteiger partial charge in [-0.3, -0.25) is 0 Å². The molecule has 1 N–H and O–H groups in total. The van der Waals surface area contributed by atoms with Crippen LogP contribution in [0.15, 0.2) is 28.7 Å². The molecule has 1 aromatic rings. The average Bonchev–Trinajstić information content (AvgIpc) is 2.75. The average molecular weight is 339 g/mol.